The first-order chi connectivity index (χ1) is 6.11. The number of hydrogen-bond acceptors (Lipinski definition) is 2. The average molecular weight is 182 g/mol. The van der Waals surface area contributed by atoms with E-state index in [1.165, 1.54) is 12.8 Å². The SMILES string of the molecule is CC(=O)N1CC[C@@]2(CC[C@@H](N)C2)C1. The fourth-order valence-electron chi connectivity index (χ4n) is 2.83. The van der Waals surface area contributed by atoms with Crippen LogP contribution in [-0.2, 0) is 4.79 Å². The first kappa shape index (κ1) is 9.00. The zero-order valence-electron chi connectivity index (χ0n) is 8.25. The van der Waals surface area contributed by atoms with E-state index in [-0.39, 0.29) is 5.91 Å². The van der Waals surface area contributed by atoms with Gasteiger partial charge in [-0.3, -0.25) is 4.79 Å². The van der Waals surface area contributed by atoms with Crippen molar-refractivity contribution in [1.29, 1.82) is 0 Å². The predicted octanol–water partition coefficient (Wildman–Crippen LogP) is 0.736. The van der Waals surface area contributed by atoms with E-state index in [1.807, 2.05) is 4.90 Å². The van der Waals surface area contributed by atoms with E-state index >= 15 is 0 Å². The Morgan fingerprint density at radius 3 is 2.77 bits per heavy atom. The van der Waals surface area contributed by atoms with Gasteiger partial charge < -0.3 is 10.6 Å². The second-order valence-electron chi connectivity index (χ2n) is 4.69. The smallest absolute Gasteiger partial charge is 0.219 e. The van der Waals surface area contributed by atoms with Gasteiger partial charge in [0.05, 0.1) is 0 Å². The van der Waals surface area contributed by atoms with Gasteiger partial charge in [0, 0.05) is 26.1 Å². The second-order valence-corrected chi connectivity index (χ2v) is 4.69. The summed E-state index contributed by atoms with van der Waals surface area (Å²) in [7, 11) is 0. The summed E-state index contributed by atoms with van der Waals surface area (Å²) >= 11 is 0. The van der Waals surface area contributed by atoms with E-state index in [4.69, 9.17) is 5.73 Å². The Balaban J connectivity index is 2.01. The quantitative estimate of drug-likeness (QED) is 0.600. The molecular formula is C10H18N2O. The Morgan fingerprint density at radius 2 is 2.31 bits per heavy atom. The zero-order chi connectivity index (χ0) is 9.47. The molecule has 1 amide bonds. The van der Waals surface area contributed by atoms with Gasteiger partial charge in [0.2, 0.25) is 5.91 Å². The fourth-order valence-corrected chi connectivity index (χ4v) is 2.83. The van der Waals surface area contributed by atoms with E-state index in [1.54, 1.807) is 6.92 Å². The second kappa shape index (κ2) is 2.98. The molecule has 13 heavy (non-hydrogen) atoms. The van der Waals surface area contributed by atoms with E-state index in [9.17, 15) is 4.79 Å². The largest absolute Gasteiger partial charge is 0.342 e. The molecule has 3 heteroatoms. The summed E-state index contributed by atoms with van der Waals surface area (Å²) < 4.78 is 0. The number of hydrogen-bond donors (Lipinski definition) is 1. The molecule has 2 rings (SSSR count). The van der Waals surface area contributed by atoms with Gasteiger partial charge in [-0.15, -0.1) is 0 Å². The molecule has 2 N–H and O–H groups in total. The first-order valence-electron chi connectivity index (χ1n) is 5.12. The zero-order valence-corrected chi connectivity index (χ0v) is 8.25. The highest BCUT2D eigenvalue weighted by Crippen LogP contribution is 2.44. The molecule has 2 fully saturated rings. The normalized spacial score (nSPS) is 38.9. The first-order valence-corrected chi connectivity index (χ1v) is 5.12. The van der Waals surface area contributed by atoms with E-state index in [2.05, 4.69) is 0 Å². The molecule has 74 valence electrons. The summed E-state index contributed by atoms with van der Waals surface area (Å²) in [6.07, 6.45) is 4.65. The van der Waals surface area contributed by atoms with Crippen LogP contribution in [0.1, 0.15) is 32.6 Å². The molecule has 1 saturated heterocycles. The van der Waals surface area contributed by atoms with Crippen molar-refractivity contribution in [2.75, 3.05) is 13.1 Å². The number of rotatable bonds is 0. The summed E-state index contributed by atoms with van der Waals surface area (Å²) in [6.45, 7) is 3.56. The molecule has 1 spiro atoms. The van der Waals surface area contributed by atoms with Gasteiger partial charge in [0.1, 0.15) is 0 Å². The summed E-state index contributed by atoms with van der Waals surface area (Å²) in [5.74, 6) is 0.220. The molecule has 0 radical (unpaired) electrons. The van der Waals surface area contributed by atoms with Gasteiger partial charge >= 0.3 is 0 Å². The highest BCUT2D eigenvalue weighted by atomic mass is 16.2. The Morgan fingerprint density at radius 1 is 1.54 bits per heavy atom. The minimum absolute atomic E-state index is 0.220. The molecule has 1 aliphatic heterocycles. The third-order valence-corrected chi connectivity index (χ3v) is 3.62. The van der Waals surface area contributed by atoms with E-state index < -0.39 is 0 Å². The summed E-state index contributed by atoms with van der Waals surface area (Å²) in [6, 6.07) is 0.381. The van der Waals surface area contributed by atoms with Crippen molar-refractivity contribution in [2.45, 2.75) is 38.6 Å². The number of carbonyl (C=O) groups excluding carboxylic acids is 1. The van der Waals surface area contributed by atoms with Crippen molar-refractivity contribution in [3.05, 3.63) is 0 Å². The van der Waals surface area contributed by atoms with Crippen LogP contribution >= 0.6 is 0 Å². The maximum absolute atomic E-state index is 11.2. The van der Waals surface area contributed by atoms with Gasteiger partial charge in [-0.05, 0) is 31.1 Å². The molecule has 2 aliphatic rings. The molecule has 0 aromatic carbocycles. The van der Waals surface area contributed by atoms with Crippen LogP contribution in [0.3, 0.4) is 0 Å². The van der Waals surface area contributed by atoms with E-state index in [0.29, 0.717) is 11.5 Å². The van der Waals surface area contributed by atoms with Crippen LogP contribution in [0.4, 0.5) is 0 Å². The van der Waals surface area contributed by atoms with Crippen molar-refractivity contribution in [3.8, 4) is 0 Å². The fraction of sp³-hybridized carbons (Fsp3) is 0.900. The molecule has 2 atom stereocenters. The maximum Gasteiger partial charge on any atom is 0.219 e. The van der Waals surface area contributed by atoms with Crippen molar-refractivity contribution in [2.24, 2.45) is 11.1 Å². The molecule has 1 saturated carbocycles. The molecule has 1 aliphatic carbocycles. The topological polar surface area (TPSA) is 46.3 Å². The number of nitrogens with zero attached hydrogens (tertiary/aromatic N) is 1. The van der Waals surface area contributed by atoms with Gasteiger partial charge in [-0.1, -0.05) is 0 Å². The molecule has 0 aromatic heterocycles. The van der Waals surface area contributed by atoms with Crippen LogP contribution in [0.2, 0.25) is 0 Å². The Labute approximate surface area is 79.3 Å². The minimum atomic E-state index is 0.220. The molecule has 3 nitrogen and oxygen atoms in total. The molecule has 0 aromatic rings. The van der Waals surface area contributed by atoms with Crippen molar-refractivity contribution in [1.82, 2.24) is 4.90 Å². The van der Waals surface area contributed by atoms with E-state index in [0.717, 1.165) is 25.9 Å². The number of carbonyl (C=O) groups is 1. The van der Waals surface area contributed by atoms with Crippen LogP contribution in [0.25, 0.3) is 0 Å². The lowest BCUT2D eigenvalue weighted by molar-refractivity contribution is -0.128. The van der Waals surface area contributed by atoms with Crippen LogP contribution in [0, 0.1) is 5.41 Å². The van der Waals surface area contributed by atoms with Gasteiger partial charge in [-0.25, -0.2) is 0 Å². The number of nitrogens with two attached hydrogens (primary N) is 1. The Bertz CT molecular complexity index is 229. The van der Waals surface area contributed by atoms with Crippen LogP contribution in [0.15, 0.2) is 0 Å². The summed E-state index contributed by atoms with van der Waals surface area (Å²) in [4.78, 5) is 13.1. The highest BCUT2D eigenvalue weighted by molar-refractivity contribution is 5.73. The molecule has 0 unspecified atom stereocenters. The summed E-state index contributed by atoms with van der Waals surface area (Å²) in [5.41, 5.74) is 6.30. The lowest BCUT2D eigenvalue weighted by atomic mass is 9.85. The maximum atomic E-state index is 11.2. The third-order valence-electron chi connectivity index (χ3n) is 3.62. The molecule has 0 bridgehead atoms. The Kier molecular flexibility index (Phi) is 2.06. The molecular weight excluding hydrogens is 164 g/mol. The van der Waals surface area contributed by atoms with Gasteiger partial charge in [0.25, 0.3) is 0 Å². The van der Waals surface area contributed by atoms with Crippen molar-refractivity contribution in [3.63, 3.8) is 0 Å². The highest BCUT2D eigenvalue weighted by Gasteiger charge is 2.43. The minimum Gasteiger partial charge on any atom is -0.342 e. The third kappa shape index (κ3) is 1.57. The average Bonchev–Trinajstić information content (AvgIpc) is 2.61. The van der Waals surface area contributed by atoms with Crippen molar-refractivity contribution >= 4 is 5.91 Å². The standard InChI is InChI=1S/C10H18N2O/c1-8(13)12-5-4-10(7-12)3-2-9(11)6-10/h9H,2-7,11H2,1H3/t9-,10-/m1/s1. The van der Waals surface area contributed by atoms with Crippen LogP contribution in [0.5, 0.6) is 0 Å². The van der Waals surface area contributed by atoms with Crippen molar-refractivity contribution < 1.29 is 4.79 Å². The number of likely N-dealkylation sites (tertiary alicyclic amines) is 1. The van der Waals surface area contributed by atoms with Gasteiger partial charge in [0.15, 0.2) is 0 Å². The summed E-state index contributed by atoms with van der Waals surface area (Å²) in [5, 5.41) is 0. The lowest BCUT2D eigenvalue weighted by Gasteiger charge is -2.23. The monoisotopic (exact) mass is 182 g/mol. The molecule has 1 heterocycles. The number of amides is 1. The Hall–Kier alpha value is -0.570. The van der Waals surface area contributed by atoms with Crippen LogP contribution < -0.4 is 5.73 Å². The van der Waals surface area contributed by atoms with Crippen LogP contribution in [-0.4, -0.2) is 29.9 Å². The van der Waals surface area contributed by atoms with Gasteiger partial charge in [-0.2, -0.15) is 0 Å². The predicted molar refractivity (Wildman–Crippen MR) is 51.1 cm³/mol. The lowest BCUT2D eigenvalue weighted by Crippen LogP contribution is -2.30.